The lowest BCUT2D eigenvalue weighted by Gasteiger charge is -2.15. The minimum absolute atomic E-state index is 0.513. The highest BCUT2D eigenvalue weighted by molar-refractivity contribution is 5.84. The number of carbonyl (C=O) groups excluding carboxylic acids is 1. The van der Waals surface area contributed by atoms with Crippen LogP contribution in [0.1, 0.15) is 0 Å². The summed E-state index contributed by atoms with van der Waals surface area (Å²) in [6.45, 7) is 0. The van der Waals surface area contributed by atoms with Crippen molar-refractivity contribution in [2.75, 3.05) is 4.90 Å². The minimum Gasteiger partial charge on any atom is -0.278 e. The molecule has 0 N–H and O–H groups in total. The second-order valence-corrected chi connectivity index (χ2v) is 2.87. The SMILES string of the molecule is O=CN(c1ccccc1)c1cnccn1. The maximum atomic E-state index is 11.0. The van der Waals surface area contributed by atoms with Crippen molar-refractivity contribution in [3.8, 4) is 0 Å². The average Bonchev–Trinajstić information content (AvgIpc) is 2.33. The standard InChI is InChI=1S/C11H9N3O/c15-9-14(10-4-2-1-3-5-10)11-8-12-6-7-13-11/h1-9H. The van der Waals surface area contributed by atoms with Gasteiger partial charge in [0.15, 0.2) is 5.82 Å². The Balaban J connectivity index is 2.38. The third-order valence-corrected chi connectivity index (χ3v) is 1.94. The Morgan fingerprint density at radius 1 is 1.13 bits per heavy atom. The van der Waals surface area contributed by atoms with Gasteiger partial charge in [0, 0.05) is 12.4 Å². The topological polar surface area (TPSA) is 46.1 Å². The molecular formula is C11H9N3O. The molecule has 1 heterocycles. The average molecular weight is 199 g/mol. The molecule has 0 aliphatic heterocycles. The van der Waals surface area contributed by atoms with Gasteiger partial charge in [-0.3, -0.25) is 14.7 Å². The molecule has 0 bridgehead atoms. The molecule has 0 aliphatic rings. The third-order valence-electron chi connectivity index (χ3n) is 1.94. The normalized spacial score (nSPS) is 9.60. The van der Waals surface area contributed by atoms with E-state index in [2.05, 4.69) is 9.97 Å². The maximum Gasteiger partial charge on any atom is 0.219 e. The molecule has 74 valence electrons. The largest absolute Gasteiger partial charge is 0.278 e. The van der Waals surface area contributed by atoms with Crippen LogP contribution in [0.2, 0.25) is 0 Å². The van der Waals surface area contributed by atoms with Crippen LogP contribution in [0.3, 0.4) is 0 Å². The highest BCUT2D eigenvalue weighted by Gasteiger charge is 2.07. The monoisotopic (exact) mass is 199 g/mol. The summed E-state index contributed by atoms with van der Waals surface area (Å²) < 4.78 is 0. The molecule has 15 heavy (non-hydrogen) atoms. The number of anilines is 2. The van der Waals surface area contributed by atoms with E-state index in [0.717, 1.165) is 12.1 Å². The van der Waals surface area contributed by atoms with Gasteiger partial charge >= 0.3 is 0 Å². The number of para-hydroxylation sites is 1. The van der Waals surface area contributed by atoms with Crippen LogP contribution in [0, 0.1) is 0 Å². The molecule has 4 heteroatoms. The lowest BCUT2D eigenvalue weighted by Crippen LogP contribution is -2.15. The van der Waals surface area contributed by atoms with Crippen LogP contribution < -0.4 is 4.90 Å². The predicted molar refractivity (Wildman–Crippen MR) is 56.7 cm³/mol. The van der Waals surface area contributed by atoms with Gasteiger partial charge in [-0.05, 0) is 12.1 Å². The highest BCUT2D eigenvalue weighted by atomic mass is 16.1. The van der Waals surface area contributed by atoms with E-state index in [-0.39, 0.29) is 0 Å². The summed E-state index contributed by atoms with van der Waals surface area (Å²) in [6.07, 6.45) is 5.38. The first-order chi connectivity index (χ1) is 7.42. The molecule has 1 amide bonds. The highest BCUT2D eigenvalue weighted by Crippen LogP contribution is 2.19. The summed E-state index contributed by atoms with van der Waals surface area (Å²) in [4.78, 5) is 20.4. The van der Waals surface area contributed by atoms with Crippen molar-refractivity contribution in [2.45, 2.75) is 0 Å². The first-order valence-electron chi connectivity index (χ1n) is 4.47. The van der Waals surface area contributed by atoms with Gasteiger partial charge in [-0.2, -0.15) is 0 Å². The molecule has 0 unspecified atom stereocenters. The summed E-state index contributed by atoms with van der Waals surface area (Å²) in [5, 5.41) is 0. The third kappa shape index (κ3) is 1.99. The van der Waals surface area contributed by atoms with E-state index in [0.29, 0.717) is 5.82 Å². The van der Waals surface area contributed by atoms with Crippen molar-refractivity contribution in [1.29, 1.82) is 0 Å². The molecule has 2 aromatic rings. The molecule has 0 radical (unpaired) electrons. The van der Waals surface area contributed by atoms with Crippen LogP contribution in [0.25, 0.3) is 0 Å². The van der Waals surface area contributed by atoms with E-state index in [1.54, 1.807) is 18.6 Å². The van der Waals surface area contributed by atoms with E-state index >= 15 is 0 Å². The van der Waals surface area contributed by atoms with Crippen molar-refractivity contribution >= 4 is 17.9 Å². The minimum atomic E-state index is 0.513. The van der Waals surface area contributed by atoms with Crippen molar-refractivity contribution in [3.63, 3.8) is 0 Å². The summed E-state index contributed by atoms with van der Waals surface area (Å²) in [5.74, 6) is 0.513. The molecule has 0 spiro atoms. The molecule has 0 saturated heterocycles. The van der Waals surface area contributed by atoms with E-state index in [4.69, 9.17) is 0 Å². The maximum absolute atomic E-state index is 11.0. The molecule has 1 aromatic heterocycles. The first-order valence-corrected chi connectivity index (χ1v) is 4.47. The fraction of sp³-hybridized carbons (Fsp3) is 0. The Kier molecular flexibility index (Phi) is 2.69. The van der Waals surface area contributed by atoms with Crippen LogP contribution in [0.4, 0.5) is 11.5 Å². The number of nitrogens with zero attached hydrogens (tertiary/aromatic N) is 3. The number of rotatable bonds is 3. The zero-order valence-corrected chi connectivity index (χ0v) is 7.95. The van der Waals surface area contributed by atoms with E-state index < -0.39 is 0 Å². The Bertz CT molecular complexity index is 391. The van der Waals surface area contributed by atoms with Crippen LogP contribution in [-0.2, 0) is 4.79 Å². The van der Waals surface area contributed by atoms with Crippen LogP contribution in [-0.4, -0.2) is 16.4 Å². The molecule has 0 fully saturated rings. The second-order valence-electron chi connectivity index (χ2n) is 2.87. The number of hydrogen-bond donors (Lipinski definition) is 0. The molecule has 4 nitrogen and oxygen atoms in total. The first kappa shape index (κ1) is 9.33. The lowest BCUT2D eigenvalue weighted by molar-refractivity contribution is -0.106. The van der Waals surface area contributed by atoms with Gasteiger partial charge < -0.3 is 0 Å². The number of aromatic nitrogens is 2. The zero-order chi connectivity index (χ0) is 10.5. The molecule has 0 saturated carbocycles. The fourth-order valence-electron chi connectivity index (χ4n) is 1.25. The Hall–Kier alpha value is -2.23. The van der Waals surface area contributed by atoms with E-state index in [1.165, 1.54) is 4.90 Å². The van der Waals surface area contributed by atoms with Gasteiger partial charge in [-0.25, -0.2) is 4.98 Å². The Morgan fingerprint density at radius 3 is 2.53 bits per heavy atom. The number of carbonyl (C=O) groups is 1. The van der Waals surface area contributed by atoms with Gasteiger partial charge in [0.25, 0.3) is 0 Å². The molecule has 1 aromatic carbocycles. The van der Waals surface area contributed by atoms with Gasteiger partial charge in [0.2, 0.25) is 6.41 Å². The van der Waals surface area contributed by atoms with Gasteiger partial charge in [0.1, 0.15) is 0 Å². The van der Waals surface area contributed by atoms with Crippen LogP contribution >= 0.6 is 0 Å². The van der Waals surface area contributed by atoms with E-state index in [1.807, 2.05) is 30.3 Å². The van der Waals surface area contributed by atoms with Crippen molar-refractivity contribution in [1.82, 2.24) is 9.97 Å². The molecule has 2 rings (SSSR count). The summed E-state index contributed by atoms with van der Waals surface area (Å²) in [5.41, 5.74) is 0.771. The van der Waals surface area contributed by atoms with Gasteiger partial charge in [0.05, 0.1) is 11.9 Å². The van der Waals surface area contributed by atoms with Crippen molar-refractivity contribution in [3.05, 3.63) is 48.9 Å². The molecular weight excluding hydrogens is 190 g/mol. The number of benzene rings is 1. The van der Waals surface area contributed by atoms with E-state index in [9.17, 15) is 4.79 Å². The van der Waals surface area contributed by atoms with Gasteiger partial charge in [-0.1, -0.05) is 18.2 Å². The zero-order valence-electron chi connectivity index (χ0n) is 7.95. The molecule has 0 atom stereocenters. The number of amides is 1. The smallest absolute Gasteiger partial charge is 0.219 e. The lowest BCUT2D eigenvalue weighted by atomic mass is 10.3. The van der Waals surface area contributed by atoms with Gasteiger partial charge in [-0.15, -0.1) is 0 Å². The van der Waals surface area contributed by atoms with Crippen molar-refractivity contribution < 1.29 is 4.79 Å². The van der Waals surface area contributed by atoms with Crippen LogP contribution in [0.5, 0.6) is 0 Å². The van der Waals surface area contributed by atoms with Crippen molar-refractivity contribution in [2.24, 2.45) is 0 Å². The summed E-state index contributed by atoms with van der Waals surface area (Å²) in [7, 11) is 0. The second kappa shape index (κ2) is 4.32. The Labute approximate surface area is 87.2 Å². The molecule has 0 aliphatic carbocycles. The number of hydrogen-bond acceptors (Lipinski definition) is 3. The Morgan fingerprint density at radius 2 is 1.93 bits per heavy atom. The summed E-state index contributed by atoms with van der Waals surface area (Å²) in [6, 6.07) is 9.29. The predicted octanol–water partition coefficient (Wildman–Crippen LogP) is 1.77. The fourth-order valence-corrected chi connectivity index (χ4v) is 1.25. The summed E-state index contributed by atoms with van der Waals surface area (Å²) >= 11 is 0. The van der Waals surface area contributed by atoms with Crippen LogP contribution in [0.15, 0.2) is 48.9 Å². The quantitative estimate of drug-likeness (QED) is 0.708.